The van der Waals surface area contributed by atoms with Gasteiger partial charge in [-0.25, -0.2) is 0 Å². The topological polar surface area (TPSA) is 46.6 Å². The van der Waals surface area contributed by atoms with Gasteiger partial charge in [-0.2, -0.15) is 0 Å². The Morgan fingerprint density at radius 2 is 1.86 bits per heavy atom. The van der Waals surface area contributed by atoms with Crippen molar-refractivity contribution >= 4 is 11.9 Å². The van der Waals surface area contributed by atoms with Crippen molar-refractivity contribution in [1.29, 1.82) is 0 Å². The molecule has 2 fully saturated rings. The molecule has 2 aliphatic rings. The Morgan fingerprint density at radius 1 is 1.24 bits per heavy atom. The van der Waals surface area contributed by atoms with E-state index in [4.69, 9.17) is 4.74 Å². The van der Waals surface area contributed by atoms with Crippen molar-refractivity contribution in [1.82, 2.24) is 4.90 Å². The summed E-state index contributed by atoms with van der Waals surface area (Å²) in [6.45, 7) is 9.35. The highest BCUT2D eigenvalue weighted by atomic mass is 16.5. The summed E-state index contributed by atoms with van der Waals surface area (Å²) in [5, 5.41) is 0. The summed E-state index contributed by atoms with van der Waals surface area (Å²) in [5.74, 6) is 0.433. The number of rotatable bonds is 3. The van der Waals surface area contributed by atoms with Crippen LogP contribution in [0.5, 0.6) is 0 Å². The average molecular weight is 295 g/mol. The lowest BCUT2D eigenvalue weighted by molar-refractivity contribution is -0.151. The van der Waals surface area contributed by atoms with Gasteiger partial charge in [0.1, 0.15) is 0 Å². The van der Waals surface area contributed by atoms with Gasteiger partial charge in [0, 0.05) is 19.0 Å². The fourth-order valence-electron chi connectivity index (χ4n) is 3.20. The van der Waals surface area contributed by atoms with Gasteiger partial charge in [0.05, 0.1) is 12.5 Å². The Balaban J connectivity index is 1.86. The third-order valence-corrected chi connectivity index (χ3v) is 4.57. The van der Waals surface area contributed by atoms with E-state index in [1.807, 2.05) is 25.7 Å². The van der Waals surface area contributed by atoms with Crippen LogP contribution in [0.25, 0.3) is 0 Å². The maximum Gasteiger partial charge on any atom is 0.311 e. The minimum atomic E-state index is -0.265. The Labute approximate surface area is 128 Å². The van der Waals surface area contributed by atoms with Gasteiger partial charge in [0.25, 0.3) is 0 Å². The summed E-state index contributed by atoms with van der Waals surface area (Å²) in [7, 11) is 0. The first-order valence-corrected chi connectivity index (χ1v) is 8.22. The highest BCUT2D eigenvalue weighted by molar-refractivity contribution is 5.87. The number of hydrogen-bond donors (Lipinski definition) is 0. The van der Waals surface area contributed by atoms with E-state index in [-0.39, 0.29) is 23.2 Å². The highest BCUT2D eigenvalue weighted by Gasteiger charge is 2.39. The largest absolute Gasteiger partial charge is 0.465 e. The van der Waals surface area contributed by atoms with Crippen molar-refractivity contribution in [3.8, 4) is 0 Å². The Morgan fingerprint density at radius 3 is 2.43 bits per heavy atom. The molecule has 1 amide bonds. The zero-order valence-electron chi connectivity index (χ0n) is 13.9. The van der Waals surface area contributed by atoms with Crippen LogP contribution < -0.4 is 0 Å². The van der Waals surface area contributed by atoms with Crippen LogP contribution in [0, 0.1) is 17.3 Å². The van der Waals surface area contributed by atoms with E-state index >= 15 is 0 Å². The standard InChI is InChI=1S/C17H29NO3/c1-12-5-7-14(8-6-12)18-10-13(9-15(18)19)16(20)21-11-17(2,3)4/h12-14H,5-11H2,1-4H3. The number of carbonyl (C=O) groups is 2. The molecule has 0 N–H and O–H groups in total. The second-order valence-electron chi connectivity index (χ2n) is 8.03. The molecule has 1 aliphatic carbocycles. The molecule has 0 spiro atoms. The summed E-state index contributed by atoms with van der Waals surface area (Å²) in [5.41, 5.74) is -0.0303. The van der Waals surface area contributed by atoms with Crippen LogP contribution >= 0.6 is 0 Å². The molecule has 120 valence electrons. The quantitative estimate of drug-likeness (QED) is 0.752. The number of hydrogen-bond acceptors (Lipinski definition) is 3. The summed E-state index contributed by atoms with van der Waals surface area (Å²) < 4.78 is 5.37. The molecule has 4 heteroatoms. The van der Waals surface area contributed by atoms with E-state index in [1.54, 1.807) is 0 Å². The monoisotopic (exact) mass is 295 g/mol. The summed E-state index contributed by atoms with van der Waals surface area (Å²) >= 11 is 0. The molecule has 1 atom stereocenters. The molecule has 1 aliphatic heterocycles. The molecule has 0 aromatic carbocycles. The van der Waals surface area contributed by atoms with E-state index in [0.717, 1.165) is 18.8 Å². The van der Waals surface area contributed by atoms with Gasteiger partial charge in [-0.05, 0) is 37.0 Å². The first-order valence-electron chi connectivity index (χ1n) is 8.22. The highest BCUT2D eigenvalue weighted by Crippen LogP contribution is 2.31. The fourth-order valence-corrected chi connectivity index (χ4v) is 3.20. The number of likely N-dealkylation sites (tertiary alicyclic amines) is 1. The fraction of sp³-hybridized carbons (Fsp3) is 0.882. The minimum Gasteiger partial charge on any atom is -0.465 e. The zero-order valence-corrected chi connectivity index (χ0v) is 13.9. The molecule has 21 heavy (non-hydrogen) atoms. The first kappa shape index (κ1) is 16.3. The summed E-state index contributed by atoms with van der Waals surface area (Å²) in [6, 6.07) is 0.342. The van der Waals surface area contributed by atoms with Crippen molar-refractivity contribution in [2.45, 2.75) is 65.8 Å². The third kappa shape index (κ3) is 4.45. The Bertz CT molecular complexity index is 391. The summed E-state index contributed by atoms with van der Waals surface area (Å²) in [4.78, 5) is 26.2. The molecule has 4 nitrogen and oxygen atoms in total. The van der Waals surface area contributed by atoms with Crippen LogP contribution in [-0.4, -0.2) is 36.0 Å². The maximum atomic E-state index is 12.2. The number of amides is 1. The molecule has 1 saturated heterocycles. The number of carbonyl (C=O) groups excluding carboxylic acids is 2. The smallest absolute Gasteiger partial charge is 0.311 e. The molecule has 1 saturated carbocycles. The van der Waals surface area contributed by atoms with Crippen LogP contribution in [0.15, 0.2) is 0 Å². The van der Waals surface area contributed by atoms with Crippen molar-refractivity contribution in [2.75, 3.05) is 13.2 Å². The predicted octanol–water partition coefficient (Wildman–Crippen LogP) is 3.00. The molecule has 1 unspecified atom stereocenters. The van der Waals surface area contributed by atoms with Gasteiger partial charge < -0.3 is 9.64 Å². The minimum absolute atomic E-state index is 0.0303. The van der Waals surface area contributed by atoms with Crippen LogP contribution in [0.3, 0.4) is 0 Å². The average Bonchev–Trinajstić information content (AvgIpc) is 2.78. The van der Waals surface area contributed by atoms with Crippen molar-refractivity contribution in [3.63, 3.8) is 0 Å². The maximum absolute atomic E-state index is 12.2. The molecule has 0 aromatic heterocycles. The first-order chi connectivity index (χ1) is 9.76. The molecule has 0 radical (unpaired) electrons. The van der Waals surface area contributed by atoms with Crippen molar-refractivity contribution < 1.29 is 14.3 Å². The second-order valence-corrected chi connectivity index (χ2v) is 8.03. The van der Waals surface area contributed by atoms with E-state index in [0.29, 0.717) is 25.6 Å². The normalized spacial score (nSPS) is 30.6. The number of ether oxygens (including phenoxy) is 1. The summed E-state index contributed by atoms with van der Waals surface area (Å²) in [6.07, 6.45) is 4.86. The van der Waals surface area contributed by atoms with Crippen molar-refractivity contribution in [3.05, 3.63) is 0 Å². The second kappa shape index (κ2) is 6.37. The molecular weight excluding hydrogens is 266 g/mol. The molecule has 2 rings (SSSR count). The number of nitrogens with zero attached hydrogens (tertiary/aromatic N) is 1. The van der Waals surface area contributed by atoms with E-state index in [1.165, 1.54) is 12.8 Å². The lowest BCUT2D eigenvalue weighted by Crippen LogP contribution is -2.39. The molecule has 0 aromatic rings. The van der Waals surface area contributed by atoms with Crippen LogP contribution in [0.2, 0.25) is 0 Å². The molecule has 1 heterocycles. The Hall–Kier alpha value is -1.06. The van der Waals surface area contributed by atoms with Crippen LogP contribution in [-0.2, 0) is 14.3 Å². The SMILES string of the molecule is CC1CCC(N2CC(C(=O)OCC(C)(C)C)CC2=O)CC1. The van der Waals surface area contributed by atoms with Crippen LogP contribution in [0.4, 0.5) is 0 Å². The molecular formula is C17H29NO3. The van der Waals surface area contributed by atoms with Crippen molar-refractivity contribution in [2.24, 2.45) is 17.3 Å². The third-order valence-electron chi connectivity index (χ3n) is 4.57. The lowest BCUT2D eigenvalue weighted by atomic mass is 9.87. The Kier molecular flexibility index (Phi) is 4.95. The van der Waals surface area contributed by atoms with Gasteiger partial charge in [0.15, 0.2) is 0 Å². The van der Waals surface area contributed by atoms with E-state index in [2.05, 4.69) is 6.92 Å². The predicted molar refractivity (Wildman–Crippen MR) is 81.7 cm³/mol. The van der Waals surface area contributed by atoms with E-state index in [9.17, 15) is 9.59 Å². The van der Waals surface area contributed by atoms with Gasteiger partial charge in [0.2, 0.25) is 5.91 Å². The van der Waals surface area contributed by atoms with Crippen LogP contribution in [0.1, 0.15) is 59.8 Å². The van der Waals surface area contributed by atoms with Gasteiger partial charge >= 0.3 is 5.97 Å². The van der Waals surface area contributed by atoms with Gasteiger partial charge in [-0.3, -0.25) is 9.59 Å². The van der Waals surface area contributed by atoms with Gasteiger partial charge in [-0.15, -0.1) is 0 Å². The lowest BCUT2D eigenvalue weighted by Gasteiger charge is -2.33. The zero-order chi connectivity index (χ0) is 15.6. The van der Waals surface area contributed by atoms with Gasteiger partial charge in [-0.1, -0.05) is 27.7 Å². The molecule has 0 bridgehead atoms. The number of esters is 1. The van der Waals surface area contributed by atoms with E-state index < -0.39 is 0 Å².